The van der Waals surface area contributed by atoms with Crippen molar-refractivity contribution in [1.82, 2.24) is 9.55 Å². The Labute approximate surface area is 132 Å². The molecule has 0 aliphatic heterocycles. The van der Waals surface area contributed by atoms with Crippen LogP contribution in [0.25, 0.3) is 10.2 Å². The highest BCUT2D eigenvalue weighted by Crippen LogP contribution is 2.14. The van der Waals surface area contributed by atoms with E-state index in [1.165, 1.54) is 11.3 Å². The molecule has 0 unspecified atom stereocenters. The Morgan fingerprint density at radius 1 is 1.25 bits per heavy atom. The van der Waals surface area contributed by atoms with Gasteiger partial charge in [-0.1, -0.05) is 11.3 Å². The first-order chi connectivity index (χ1) is 9.65. The van der Waals surface area contributed by atoms with Crippen molar-refractivity contribution in [2.75, 3.05) is 0 Å². The number of nitrogens with zero attached hydrogens (tertiary/aromatic N) is 3. The molecule has 0 saturated carbocycles. The zero-order chi connectivity index (χ0) is 14.1. The molecule has 0 radical (unpaired) electrons. The molecule has 0 aliphatic rings. The second-order valence-corrected chi connectivity index (χ2v) is 6.39. The number of aromatic nitrogens is 2. The quantitative estimate of drug-likeness (QED) is 0.595. The fraction of sp³-hybridized carbons (Fsp3) is 0.0714. The maximum Gasteiger partial charge on any atom is 0.262 e. The highest BCUT2D eigenvalue weighted by Gasteiger charge is 2.04. The van der Waals surface area contributed by atoms with Gasteiger partial charge in [0.2, 0.25) is 0 Å². The summed E-state index contributed by atoms with van der Waals surface area (Å²) in [4.78, 5) is 22.4. The van der Waals surface area contributed by atoms with Crippen molar-refractivity contribution in [2.45, 2.75) is 0 Å². The Hall–Kier alpha value is -1.54. The monoisotopic (exact) mass is 395 g/mol. The number of fused-ring (bicyclic) bond motifs is 1. The van der Waals surface area contributed by atoms with Crippen molar-refractivity contribution < 1.29 is 0 Å². The van der Waals surface area contributed by atoms with Gasteiger partial charge < -0.3 is 0 Å². The largest absolute Gasteiger partial charge is 0.287 e. The van der Waals surface area contributed by atoms with Crippen LogP contribution in [0.4, 0.5) is 5.69 Å². The lowest BCUT2D eigenvalue weighted by Gasteiger charge is -2.01. The Bertz CT molecular complexity index is 897. The van der Waals surface area contributed by atoms with Gasteiger partial charge in [-0.3, -0.25) is 9.36 Å². The molecule has 3 rings (SSSR count). The van der Waals surface area contributed by atoms with Crippen LogP contribution in [0.15, 0.2) is 52.4 Å². The van der Waals surface area contributed by atoms with Gasteiger partial charge in [0.1, 0.15) is 4.83 Å². The molecule has 0 N–H and O–H groups in total. The molecule has 3 aromatic rings. The minimum Gasteiger partial charge on any atom is -0.287 e. The van der Waals surface area contributed by atoms with Crippen molar-refractivity contribution in [3.05, 3.63) is 61.3 Å². The Morgan fingerprint density at radius 3 is 2.75 bits per heavy atom. The van der Waals surface area contributed by atoms with Gasteiger partial charge in [-0.05, 0) is 59.0 Å². The number of rotatable bonds is 1. The SMILES string of the molecule is Cn1c(=Nc2ccc(I)cc2)sc2ncccc2c1=O. The van der Waals surface area contributed by atoms with E-state index in [1.807, 2.05) is 24.3 Å². The molecule has 0 atom stereocenters. The third-order valence-corrected chi connectivity index (χ3v) is 4.62. The molecule has 0 aliphatic carbocycles. The number of halogens is 1. The Morgan fingerprint density at radius 2 is 2.00 bits per heavy atom. The summed E-state index contributed by atoms with van der Waals surface area (Å²) in [5, 5.41) is 0.626. The zero-order valence-corrected chi connectivity index (χ0v) is 13.6. The fourth-order valence-electron chi connectivity index (χ4n) is 1.78. The molecule has 0 amide bonds. The molecule has 1 aromatic carbocycles. The summed E-state index contributed by atoms with van der Waals surface area (Å²) in [5.41, 5.74) is 0.753. The van der Waals surface area contributed by atoms with Crippen LogP contribution in [0.1, 0.15) is 0 Å². The van der Waals surface area contributed by atoms with Gasteiger partial charge in [0.15, 0.2) is 4.80 Å². The van der Waals surface area contributed by atoms with Gasteiger partial charge in [-0.15, -0.1) is 0 Å². The topological polar surface area (TPSA) is 47.2 Å². The summed E-state index contributed by atoms with van der Waals surface area (Å²) in [5.74, 6) is 0. The van der Waals surface area contributed by atoms with Crippen molar-refractivity contribution in [2.24, 2.45) is 12.0 Å². The maximum atomic E-state index is 12.3. The Kier molecular flexibility index (Phi) is 3.66. The predicted molar refractivity (Wildman–Crippen MR) is 89.2 cm³/mol. The van der Waals surface area contributed by atoms with Crippen LogP contribution < -0.4 is 10.4 Å². The van der Waals surface area contributed by atoms with Crippen LogP contribution in [-0.4, -0.2) is 9.55 Å². The molecule has 2 heterocycles. The summed E-state index contributed by atoms with van der Waals surface area (Å²) in [6, 6.07) is 11.4. The first kappa shape index (κ1) is 13.4. The van der Waals surface area contributed by atoms with E-state index in [0.717, 1.165) is 9.26 Å². The molecule has 0 fully saturated rings. The Balaban J connectivity index is 2.29. The smallest absolute Gasteiger partial charge is 0.262 e. The van der Waals surface area contributed by atoms with Gasteiger partial charge in [0, 0.05) is 16.8 Å². The first-order valence-electron chi connectivity index (χ1n) is 5.90. The third-order valence-electron chi connectivity index (χ3n) is 2.83. The molecule has 0 saturated heterocycles. The van der Waals surface area contributed by atoms with E-state index in [1.54, 1.807) is 29.9 Å². The maximum absolute atomic E-state index is 12.3. The number of benzene rings is 1. The molecule has 100 valence electrons. The van der Waals surface area contributed by atoms with Crippen LogP contribution >= 0.6 is 33.9 Å². The fourth-order valence-corrected chi connectivity index (χ4v) is 3.06. The summed E-state index contributed by atoms with van der Waals surface area (Å²) in [7, 11) is 1.73. The summed E-state index contributed by atoms with van der Waals surface area (Å²) >= 11 is 3.66. The molecular weight excluding hydrogens is 385 g/mol. The van der Waals surface area contributed by atoms with Crippen LogP contribution in [0.3, 0.4) is 0 Å². The van der Waals surface area contributed by atoms with E-state index in [4.69, 9.17) is 0 Å². The van der Waals surface area contributed by atoms with Gasteiger partial charge in [0.05, 0.1) is 11.1 Å². The van der Waals surface area contributed by atoms with E-state index >= 15 is 0 Å². The minimum atomic E-state index is -0.0730. The van der Waals surface area contributed by atoms with E-state index < -0.39 is 0 Å². The van der Waals surface area contributed by atoms with E-state index in [2.05, 4.69) is 32.6 Å². The molecular formula is C14H10IN3OS. The van der Waals surface area contributed by atoms with E-state index in [-0.39, 0.29) is 5.56 Å². The highest BCUT2D eigenvalue weighted by atomic mass is 127. The van der Waals surface area contributed by atoms with Crippen molar-refractivity contribution >= 4 is 49.8 Å². The van der Waals surface area contributed by atoms with Gasteiger partial charge in [-0.2, -0.15) is 0 Å². The normalized spacial score (nSPS) is 12.0. The van der Waals surface area contributed by atoms with E-state index in [9.17, 15) is 4.79 Å². The lowest BCUT2D eigenvalue weighted by Crippen LogP contribution is -2.28. The summed E-state index contributed by atoms with van der Waals surface area (Å²) in [6.45, 7) is 0. The van der Waals surface area contributed by atoms with Crippen molar-refractivity contribution in [1.29, 1.82) is 0 Å². The molecule has 4 nitrogen and oxygen atoms in total. The van der Waals surface area contributed by atoms with Gasteiger partial charge >= 0.3 is 0 Å². The van der Waals surface area contributed by atoms with Crippen LogP contribution in [0.5, 0.6) is 0 Å². The lowest BCUT2D eigenvalue weighted by molar-refractivity contribution is 0.832. The molecule has 0 bridgehead atoms. The minimum absolute atomic E-state index is 0.0730. The summed E-state index contributed by atoms with van der Waals surface area (Å²) in [6.07, 6.45) is 1.69. The molecule has 20 heavy (non-hydrogen) atoms. The van der Waals surface area contributed by atoms with Crippen molar-refractivity contribution in [3.8, 4) is 0 Å². The van der Waals surface area contributed by atoms with Gasteiger partial charge in [-0.25, -0.2) is 9.98 Å². The highest BCUT2D eigenvalue weighted by molar-refractivity contribution is 14.1. The number of hydrogen-bond donors (Lipinski definition) is 0. The summed E-state index contributed by atoms with van der Waals surface area (Å²) < 4.78 is 2.71. The molecule has 0 spiro atoms. The van der Waals surface area contributed by atoms with Crippen LogP contribution in [0, 0.1) is 3.57 Å². The standard InChI is InChI=1S/C14H10IN3OS/c1-18-13(19)11-3-2-8-16-12(11)20-14(18)17-10-6-4-9(15)5-7-10/h2-8H,1H3. The predicted octanol–water partition coefficient (Wildman–Crippen LogP) is 2.83. The number of pyridine rings is 1. The third kappa shape index (κ3) is 2.53. The first-order valence-corrected chi connectivity index (χ1v) is 7.80. The van der Waals surface area contributed by atoms with Crippen LogP contribution in [-0.2, 0) is 7.05 Å². The van der Waals surface area contributed by atoms with E-state index in [0.29, 0.717) is 15.0 Å². The number of hydrogen-bond acceptors (Lipinski definition) is 4. The molecule has 6 heteroatoms. The molecule has 2 aromatic heterocycles. The van der Waals surface area contributed by atoms with Crippen LogP contribution in [0.2, 0.25) is 0 Å². The average Bonchev–Trinajstić information content (AvgIpc) is 2.47. The second kappa shape index (κ2) is 5.45. The van der Waals surface area contributed by atoms with Gasteiger partial charge in [0.25, 0.3) is 5.56 Å². The second-order valence-electron chi connectivity index (χ2n) is 4.19. The average molecular weight is 395 g/mol. The zero-order valence-electron chi connectivity index (χ0n) is 10.6. The van der Waals surface area contributed by atoms with Crippen molar-refractivity contribution in [3.63, 3.8) is 0 Å². The lowest BCUT2D eigenvalue weighted by atomic mass is 10.3.